The van der Waals surface area contributed by atoms with Gasteiger partial charge in [0, 0.05) is 19.7 Å². The Balaban J connectivity index is 1.49. The van der Waals surface area contributed by atoms with Crippen molar-refractivity contribution in [3.05, 3.63) is 36.5 Å². The fourth-order valence-corrected chi connectivity index (χ4v) is 4.91. The van der Waals surface area contributed by atoms with Gasteiger partial charge in [-0.3, -0.25) is 4.79 Å². The molecule has 2 fully saturated rings. The van der Waals surface area contributed by atoms with Crippen LogP contribution in [0.3, 0.4) is 0 Å². The standard InChI is InChI=1S/C22H29N3O2S/c26-21(24-12-6-1-2-7-13-24)17-28-22-23-15-20(18-9-4-3-5-10-18)25(22)16-19-11-8-14-27-19/h3-5,9-10,15,19H,1-2,6-8,11-14,16-17H2. The number of likely N-dealkylation sites (tertiary alicyclic amines) is 1. The molecule has 28 heavy (non-hydrogen) atoms. The minimum Gasteiger partial charge on any atom is -0.376 e. The van der Waals surface area contributed by atoms with Gasteiger partial charge in [-0.15, -0.1) is 0 Å². The van der Waals surface area contributed by atoms with Crippen LogP contribution in [0.5, 0.6) is 0 Å². The number of hydrogen-bond acceptors (Lipinski definition) is 4. The van der Waals surface area contributed by atoms with Gasteiger partial charge in [0.05, 0.1) is 30.3 Å². The van der Waals surface area contributed by atoms with Crippen molar-refractivity contribution in [1.82, 2.24) is 14.5 Å². The highest BCUT2D eigenvalue weighted by atomic mass is 32.2. The van der Waals surface area contributed by atoms with E-state index in [1.165, 1.54) is 12.8 Å². The second kappa shape index (κ2) is 9.61. The van der Waals surface area contributed by atoms with Gasteiger partial charge in [0.15, 0.2) is 5.16 Å². The van der Waals surface area contributed by atoms with E-state index in [1.54, 1.807) is 11.8 Å². The molecule has 1 aromatic heterocycles. The Labute approximate surface area is 171 Å². The summed E-state index contributed by atoms with van der Waals surface area (Å²) < 4.78 is 8.12. The highest BCUT2D eigenvalue weighted by molar-refractivity contribution is 7.99. The maximum atomic E-state index is 12.7. The van der Waals surface area contributed by atoms with Crippen LogP contribution in [0.4, 0.5) is 0 Å². The molecule has 0 aliphatic carbocycles. The molecule has 6 heteroatoms. The van der Waals surface area contributed by atoms with Crippen molar-refractivity contribution in [3.8, 4) is 11.3 Å². The molecule has 4 rings (SSSR count). The van der Waals surface area contributed by atoms with Gasteiger partial charge in [-0.25, -0.2) is 4.98 Å². The smallest absolute Gasteiger partial charge is 0.233 e. The third kappa shape index (κ3) is 4.78. The molecule has 150 valence electrons. The highest BCUT2D eigenvalue weighted by Gasteiger charge is 2.22. The molecule has 0 saturated carbocycles. The Morgan fingerprint density at radius 2 is 1.89 bits per heavy atom. The van der Waals surface area contributed by atoms with Gasteiger partial charge in [0.2, 0.25) is 5.91 Å². The number of aromatic nitrogens is 2. The number of ether oxygens (including phenoxy) is 1. The van der Waals surface area contributed by atoms with Crippen molar-refractivity contribution >= 4 is 17.7 Å². The normalized spacial score (nSPS) is 20.3. The monoisotopic (exact) mass is 399 g/mol. The van der Waals surface area contributed by atoms with Gasteiger partial charge in [-0.2, -0.15) is 0 Å². The molecule has 2 aliphatic rings. The van der Waals surface area contributed by atoms with Crippen LogP contribution in [-0.2, 0) is 16.1 Å². The minimum atomic E-state index is 0.234. The number of amides is 1. The SMILES string of the molecule is O=C(CSc1ncc(-c2ccccc2)n1CC1CCCO1)N1CCCCCC1. The van der Waals surface area contributed by atoms with Crippen LogP contribution in [0.15, 0.2) is 41.7 Å². The zero-order chi connectivity index (χ0) is 19.2. The summed E-state index contributed by atoms with van der Waals surface area (Å²) in [6.07, 6.45) is 9.11. The fraction of sp³-hybridized carbons (Fsp3) is 0.545. The van der Waals surface area contributed by atoms with Crippen LogP contribution in [0, 0.1) is 0 Å². The van der Waals surface area contributed by atoms with Crippen molar-refractivity contribution in [3.63, 3.8) is 0 Å². The Hall–Kier alpha value is -1.79. The molecule has 1 atom stereocenters. The molecule has 5 nitrogen and oxygen atoms in total. The first-order valence-corrected chi connectivity index (χ1v) is 11.4. The van der Waals surface area contributed by atoms with Crippen LogP contribution in [0.25, 0.3) is 11.3 Å². The summed E-state index contributed by atoms with van der Waals surface area (Å²) in [5.74, 6) is 0.691. The third-order valence-electron chi connectivity index (χ3n) is 5.58. The molecule has 0 radical (unpaired) electrons. The molecule has 0 N–H and O–H groups in total. The molecule has 1 aromatic carbocycles. The number of benzene rings is 1. The molecule has 2 aliphatic heterocycles. The van der Waals surface area contributed by atoms with E-state index in [-0.39, 0.29) is 12.0 Å². The van der Waals surface area contributed by atoms with Gasteiger partial charge in [-0.1, -0.05) is 54.9 Å². The van der Waals surface area contributed by atoms with E-state index in [1.807, 2.05) is 17.2 Å². The van der Waals surface area contributed by atoms with E-state index < -0.39 is 0 Å². The number of carbonyl (C=O) groups excluding carboxylic acids is 1. The van der Waals surface area contributed by atoms with Gasteiger partial charge in [0.25, 0.3) is 0 Å². The first kappa shape index (κ1) is 19.5. The summed E-state index contributed by atoms with van der Waals surface area (Å²) in [5, 5.41) is 0.914. The van der Waals surface area contributed by atoms with Gasteiger partial charge in [0.1, 0.15) is 0 Å². The van der Waals surface area contributed by atoms with E-state index in [0.29, 0.717) is 5.75 Å². The third-order valence-corrected chi connectivity index (χ3v) is 6.56. The zero-order valence-electron chi connectivity index (χ0n) is 16.4. The molecular weight excluding hydrogens is 370 g/mol. The molecule has 2 saturated heterocycles. The van der Waals surface area contributed by atoms with Crippen molar-refractivity contribution in [1.29, 1.82) is 0 Å². The predicted octanol–water partition coefficient (Wildman–Crippen LogP) is 4.22. The van der Waals surface area contributed by atoms with E-state index in [9.17, 15) is 4.79 Å². The number of nitrogens with zero attached hydrogens (tertiary/aromatic N) is 3. The van der Waals surface area contributed by atoms with Gasteiger partial charge in [-0.05, 0) is 31.2 Å². The second-order valence-corrected chi connectivity index (χ2v) is 8.56. The first-order valence-electron chi connectivity index (χ1n) is 10.4. The summed E-state index contributed by atoms with van der Waals surface area (Å²) in [7, 11) is 0. The second-order valence-electron chi connectivity index (χ2n) is 7.62. The molecule has 1 amide bonds. The van der Waals surface area contributed by atoms with E-state index >= 15 is 0 Å². The van der Waals surface area contributed by atoms with E-state index in [4.69, 9.17) is 4.74 Å². The Bertz CT molecular complexity index is 763. The Morgan fingerprint density at radius 3 is 2.61 bits per heavy atom. The average molecular weight is 400 g/mol. The van der Waals surface area contributed by atoms with Crippen LogP contribution < -0.4 is 0 Å². The summed E-state index contributed by atoms with van der Waals surface area (Å²) in [5.41, 5.74) is 2.25. The first-order chi connectivity index (χ1) is 13.8. The number of hydrogen-bond donors (Lipinski definition) is 0. The lowest BCUT2D eigenvalue weighted by atomic mass is 10.1. The lowest BCUT2D eigenvalue weighted by molar-refractivity contribution is -0.128. The van der Waals surface area contributed by atoms with E-state index in [0.717, 1.165) is 68.3 Å². The maximum absolute atomic E-state index is 12.7. The average Bonchev–Trinajstić information content (AvgIpc) is 3.29. The van der Waals surface area contributed by atoms with Gasteiger partial charge < -0.3 is 14.2 Å². The largest absolute Gasteiger partial charge is 0.376 e. The molecule has 3 heterocycles. The summed E-state index contributed by atoms with van der Waals surface area (Å²) in [6, 6.07) is 10.3. The number of thioether (sulfide) groups is 1. The zero-order valence-corrected chi connectivity index (χ0v) is 17.2. The van der Waals surface area contributed by atoms with Crippen molar-refractivity contribution in [2.45, 2.75) is 56.3 Å². The quantitative estimate of drug-likeness (QED) is 0.682. The topological polar surface area (TPSA) is 47.4 Å². The van der Waals surface area contributed by atoms with Crippen molar-refractivity contribution in [2.24, 2.45) is 0 Å². The van der Waals surface area contributed by atoms with Crippen molar-refractivity contribution < 1.29 is 9.53 Å². The summed E-state index contributed by atoms with van der Waals surface area (Å²) in [6.45, 7) is 3.44. The predicted molar refractivity (Wildman–Crippen MR) is 112 cm³/mol. The number of rotatable bonds is 6. The highest BCUT2D eigenvalue weighted by Crippen LogP contribution is 2.28. The molecule has 2 aromatic rings. The van der Waals surface area contributed by atoms with Crippen LogP contribution in [0.1, 0.15) is 38.5 Å². The minimum absolute atomic E-state index is 0.234. The number of carbonyl (C=O) groups is 1. The number of imidazole rings is 1. The summed E-state index contributed by atoms with van der Waals surface area (Å²) in [4.78, 5) is 19.4. The van der Waals surface area contributed by atoms with Crippen molar-refractivity contribution in [2.75, 3.05) is 25.4 Å². The molecular formula is C22H29N3O2S. The van der Waals surface area contributed by atoms with Crippen LogP contribution >= 0.6 is 11.8 Å². The van der Waals surface area contributed by atoms with E-state index in [2.05, 4.69) is 33.8 Å². The Morgan fingerprint density at radius 1 is 1.11 bits per heavy atom. The molecule has 0 bridgehead atoms. The fourth-order valence-electron chi connectivity index (χ4n) is 4.02. The summed E-state index contributed by atoms with van der Waals surface area (Å²) >= 11 is 1.56. The van der Waals surface area contributed by atoms with Gasteiger partial charge >= 0.3 is 0 Å². The lowest BCUT2D eigenvalue weighted by Crippen LogP contribution is -2.33. The lowest BCUT2D eigenvalue weighted by Gasteiger charge is -2.20. The molecule has 0 spiro atoms. The molecule has 1 unspecified atom stereocenters. The van der Waals surface area contributed by atoms with Crippen LogP contribution in [0.2, 0.25) is 0 Å². The Kier molecular flexibility index (Phi) is 6.70. The van der Waals surface area contributed by atoms with Crippen LogP contribution in [-0.4, -0.2) is 51.9 Å². The maximum Gasteiger partial charge on any atom is 0.233 e.